The Kier molecular flexibility index (Phi) is 7.99. The van der Waals surface area contributed by atoms with Crippen LogP contribution < -0.4 is 0 Å². The van der Waals surface area contributed by atoms with Gasteiger partial charge < -0.3 is 19.3 Å². The van der Waals surface area contributed by atoms with Gasteiger partial charge in [-0.2, -0.15) is 0 Å². The monoisotopic (exact) mass is 340 g/mol. The second kappa shape index (κ2) is 9.99. The van der Waals surface area contributed by atoms with Crippen molar-refractivity contribution in [2.24, 2.45) is 11.8 Å². The fraction of sp³-hybridized carbons (Fsp3) is 0.889. The van der Waals surface area contributed by atoms with Gasteiger partial charge in [0.05, 0.1) is 25.6 Å². The Bertz CT molecular complexity index is 408. The Labute approximate surface area is 145 Å². The molecule has 2 fully saturated rings. The average Bonchev–Trinajstić information content (AvgIpc) is 2.65. The van der Waals surface area contributed by atoms with E-state index < -0.39 is 0 Å². The van der Waals surface area contributed by atoms with Crippen LogP contribution in [0.1, 0.15) is 39.0 Å². The van der Waals surface area contributed by atoms with Gasteiger partial charge in [-0.15, -0.1) is 0 Å². The zero-order valence-corrected chi connectivity index (χ0v) is 15.2. The minimum atomic E-state index is -0.0859. The topological polar surface area (TPSA) is 59.1 Å². The fourth-order valence-corrected chi connectivity index (χ4v) is 3.67. The average molecular weight is 340 g/mol. The van der Waals surface area contributed by atoms with Crippen LogP contribution in [0.3, 0.4) is 0 Å². The molecule has 2 rings (SSSR count). The minimum absolute atomic E-state index is 0.0300. The maximum atomic E-state index is 12.1. The third-order valence-electron chi connectivity index (χ3n) is 5.27. The second-order valence-corrected chi connectivity index (χ2v) is 6.89. The SMILES string of the molecule is CCN1CCCC(C(=O)OCCCN2CCC(C(=O)OC)CC2)C1. The van der Waals surface area contributed by atoms with E-state index >= 15 is 0 Å². The Morgan fingerprint density at radius 1 is 1.00 bits per heavy atom. The summed E-state index contributed by atoms with van der Waals surface area (Å²) in [6, 6.07) is 0. The molecule has 2 aliphatic heterocycles. The van der Waals surface area contributed by atoms with Crippen LogP contribution in [0.15, 0.2) is 0 Å². The van der Waals surface area contributed by atoms with Gasteiger partial charge in [-0.25, -0.2) is 0 Å². The lowest BCUT2D eigenvalue weighted by Crippen LogP contribution is -2.39. The molecule has 138 valence electrons. The van der Waals surface area contributed by atoms with Crippen LogP contribution in [0.5, 0.6) is 0 Å². The summed E-state index contributed by atoms with van der Waals surface area (Å²) in [5.74, 6) is -0.0128. The number of carbonyl (C=O) groups is 2. The molecule has 0 aromatic rings. The van der Waals surface area contributed by atoms with Crippen molar-refractivity contribution in [2.75, 3.05) is 53.0 Å². The largest absolute Gasteiger partial charge is 0.469 e. The minimum Gasteiger partial charge on any atom is -0.469 e. The lowest BCUT2D eigenvalue weighted by Gasteiger charge is -2.31. The third-order valence-corrected chi connectivity index (χ3v) is 5.27. The zero-order valence-electron chi connectivity index (χ0n) is 15.2. The first-order valence-corrected chi connectivity index (χ1v) is 9.33. The molecule has 0 amide bonds. The Morgan fingerprint density at radius 3 is 2.42 bits per heavy atom. The first-order chi connectivity index (χ1) is 11.6. The molecule has 0 aromatic heterocycles. The van der Waals surface area contributed by atoms with E-state index in [-0.39, 0.29) is 23.8 Å². The molecule has 2 aliphatic rings. The standard InChI is InChI=1S/C18H32N2O4/c1-3-19-9-4-6-16(14-19)18(22)24-13-5-10-20-11-7-15(8-12-20)17(21)23-2/h15-16H,3-14H2,1-2H3. The van der Waals surface area contributed by atoms with Crippen LogP contribution in [-0.4, -0.2) is 74.7 Å². The summed E-state index contributed by atoms with van der Waals surface area (Å²) in [5, 5.41) is 0. The Morgan fingerprint density at radius 2 is 1.75 bits per heavy atom. The molecule has 0 aromatic carbocycles. The van der Waals surface area contributed by atoms with E-state index in [1.165, 1.54) is 7.11 Å². The zero-order chi connectivity index (χ0) is 17.4. The van der Waals surface area contributed by atoms with Gasteiger partial charge in [0.2, 0.25) is 0 Å². The van der Waals surface area contributed by atoms with Crippen molar-refractivity contribution in [1.29, 1.82) is 0 Å². The molecule has 24 heavy (non-hydrogen) atoms. The number of methoxy groups -OCH3 is 1. The number of rotatable bonds is 7. The second-order valence-electron chi connectivity index (χ2n) is 6.89. The molecule has 0 bridgehead atoms. The van der Waals surface area contributed by atoms with E-state index in [1.807, 2.05) is 0 Å². The molecular weight excluding hydrogens is 308 g/mol. The summed E-state index contributed by atoms with van der Waals surface area (Å²) < 4.78 is 10.3. The lowest BCUT2D eigenvalue weighted by molar-refractivity contribution is -0.151. The van der Waals surface area contributed by atoms with Crippen molar-refractivity contribution < 1.29 is 19.1 Å². The number of nitrogens with zero attached hydrogens (tertiary/aromatic N) is 2. The third kappa shape index (κ3) is 5.74. The van der Waals surface area contributed by atoms with E-state index in [2.05, 4.69) is 16.7 Å². The summed E-state index contributed by atoms with van der Waals surface area (Å²) in [6.07, 6.45) is 4.63. The maximum Gasteiger partial charge on any atom is 0.310 e. The lowest BCUT2D eigenvalue weighted by atomic mass is 9.97. The van der Waals surface area contributed by atoms with E-state index in [1.54, 1.807) is 0 Å². The molecule has 1 atom stereocenters. The van der Waals surface area contributed by atoms with Gasteiger partial charge in [-0.05, 0) is 58.3 Å². The van der Waals surface area contributed by atoms with Gasteiger partial charge >= 0.3 is 11.9 Å². The number of piperidine rings is 2. The van der Waals surface area contributed by atoms with E-state index in [0.29, 0.717) is 6.61 Å². The highest BCUT2D eigenvalue weighted by atomic mass is 16.5. The highest BCUT2D eigenvalue weighted by Crippen LogP contribution is 2.19. The van der Waals surface area contributed by atoms with Crippen LogP contribution in [0.25, 0.3) is 0 Å². The van der Waals surface area contributed by atoms with Crippen LogP contribution in [0.2, 0.25) is 0 Å². The highest BCUT2D eigenvalue weighted by molar-refractivity contribution is 5.73. The van der Waals surface area contributed by atoms with Crippen molar-refractivity contribution in [2.45, 2.75) is 39.0 Å². The summed E-state index contributed by atoms with van der Waals surface area (Å²) in [6.45, 7) is 8.34. The molecule has 0 aliphatic carbocycles. The maximum absolute atomic E-state index is 12.1. The van der Waals surface area contributed by atoms with Gasteiger partial charge in [-0.3, -0.25) is 9.59 Å². The Balaban J connectivity index is 1.57. The molecule has 0 N–H and O–H groups in total. The number of hydrogen-bond donors (Lipinski definition) is 0. The normalized spacial score (nSPS) is 23.8. The molecule has 0 saturated carbocycles. The molecule has 6 heteroatoms. The summed E-state index contributed by atoms with van der Waals surface area (Å²) in [4.78, 5) is 28.3. The number of hydrogen-bond acceptors (Lipinski definition) is 6. The van der Waals surface area contributed by atoms with Crippen LogP contribution >= 0.6 is 0 Å². The number of esters is 2. The van der Waals surface area contributed by atoms with Crippen LogP contribution in [-0.2, 0) is 19.1 Å². The van der Waals surface area contributed by atoms with Crippen molar-refractivity contribution >= 4 is 11.9 Å². The number of likely N-dealkylation sites (tertiary alicyclic amines) is 2. The number of carbonyl (C=O) groups excluding carboxylic acids is 2. The van der Waals surface area contributed by atoms with Crippen molar-refractivity contribution in [3.63, 3.8) is 0 Å². The highest BCUT2D eigenvalue weighted by Gasteiger charge is 2.27. The van der Waals surface area contributed by atoms with E-state index in [4.69, 9.17) is 9.47 Å². The summed E-state index contributed by atoms with van der Waals surface area (Å²) >= 11 is 0. The van der Waals surface area contributed by atoms with Crippen LogP contribution in [0, 0.1) is 11.8 Å². The predicted molar refractivity (Wildman–Crippen MR) is 91.6 cm³/mol. The molecule has 2 heterocycles. The molecule has 2 saturated heterocycles. The van der Waals surface area contributed by atoms with Crippen molar-refractivity contribution in [3.8, 4) is 0 Å². The van der Waals surface area contributed by atoms with Gasteiger partial charge in [-0.1, -0.05) is 6.92 Å². The smallest absolute Gasteiger partial charge is 0.310 e. The van der Waals surface area contributed by atoms with Gasteiger partial charge in [0.25, 0.3) is 0 Å². The van der Waals surface area contributed by atoms with Gasteiger partial charge in [0.1, 0.15) is 0 Å². The summed E-state index contributed by atoms with van der Waals surface area (Å²) in [5.41, 5.74) is 0. The van der Waals surface area contributed by atoms with E-state index in [0.717, 1.165) is 71.4 Å². The van der Waals surface area contributed by atoms with Gasteiger partial charge in [0, 0.05) is 13.1 Å². The number of ether oxygens (including phenoxy) is 2. The molecular formula is C18H32N2O4. The molecule has 0 spiro atoms. The molecule has 1 unspecified atom stereocenters. The van der Waals surface area contributed by atoms with Gasteiger partial charge in [0.15, 0.2) is 0 Å². The quantitative estimate of drug-likeness (QED) is 0.517. The first-order valence-electron chi connectivity index (χ1n) is 9.33. The molecule has 0 radical (unpaired) electrons. The summed E-state index contributed by atoms with van der Waals surface area (Å²) in [7, 11) is 1.45. The van der Waals surface area contributed by atoms with Crippen molar-refractivity contribution in [1.82, 2.24) is 9.80 Å². The fourth-order valence-electron chi connectivity index (χ4n) is 3.67. The molecule has 6 nitrogen and oxygen atoms in total. The van der Waals surface area contributed by atoms with Crippen LogP contribution in [0.4, 0.5) is 0 Å². The first kappa shape index (κ1) is 19.2. The van der Waals surface area contributed by atoms with E-state index in [9.17, 15) is 9.59 Å². The Hall–Kier alpha value is -1.14. The van der Waals surface area contributed by atoms with Crippen molar-refractivity contribution in [3.05, 3.63) is 0 Å². The predicted octanol–water partition coefficient (Wildman–Crippen LogP) is 1.54.